The van der Waals surface area contributed by atoms with Gasteiger partial charge in [0.1, 0.15) is 0 Å². The summed E-state index contributed by atoms with van der Waals surface area (Å²) in [5.74, 6) is 0.828. The summed E-state index contributed by atoms with van der Waals surface area (Å²) in [5.41, 5.74) is 5.28. The summed E-state index contributed by atoms with van der Waals surface area (Å²) < 4.78 is 5.52. The van der Waals surface area contributed by atoms with Gasteiger partial charge >= 0.3 is 0 Å². The van der Waals surface area contributed by atoms with E-state index < -0.39 is 0 Å². The van der Waals surface area contributed by atoms with E-state index in [2.05, 4.69) is 67.5 Å². The molecule has 0 radical (unpaired) electrons. The Morgan fingerprint density at radius 3 is 1.95 bits per heavy atom. The second-order valence-electron chi connectivity index (χ2n) is 6.89. The van der Waals surface area contributed by atoms with Crippen molar-refractivity contribution in [2.75, 3.05) is 19.0 Å². The first-order valence-corrected chi connectivity index (χ1v) is 8.21. The van der Waals surface area contributed by atoms with Crippen LogP contribution in [0.25, 0.3) is 11.1 Å². The molecule has 22 heavy (non-hydrogen) atoms. The molecule has 0 amide bonds. The molecule has 1 unspecified atom stereocenters. The van der Waals surface area contributed by atoms with Gasteiger partial charge in [-0.05, 0) is 54.0 Å². The Kier molecular flexibility index (Phi) is 3.42. The summed E-state index contributed by atoms with van der Waals surface area (Å²) in [5, 5.41) is 0. The van der Waals surface area contributed by atoms with Crippen LogP contribution in [0.2, 0.25) is 0 Å². The minimum absolute atomic E-state index is 0.597. The topological polar surface area (TPSA) is 15.8 Å². The van der Waals surface area contributed by atoms with Crippen molar-refractivity contribution in [1.29, 1.82) is 0 Å². The zero-order valence-electron chi connectivity index (χ0n) is 13.3. The lowest BCUT2D eigenvalue weighted by Crippen LogP contribution is -2.07. The van der Waals surface area contributed by atoms with Crippen LogP contribution in [-0.4, -0.2) is 26.3 Å². The molecule has 114 valence electrons. The number of anilines is 1. The van der Waals surface area contributed by atoms with Crippen LogP contribution in [0.4, 0.5) is 5.69 Å². The molecule has 1 saturated carbocycles. The normalized spacial score (nSPS) is 25.8. The predicted octanol–water partition coefficient (Wildman–Crippen LogP) is 4.14. The standard InChI is InChI=1S/C20H23NO/c1-21(2)18-9-7-17(8-10-18)16-5-3-14(4-6-16)11-15-12-19-20(13-15)22-19/h3-10,15,19-20H,11-13H2,1-2H3/t15?,19-,20+. The van der Waals surface area contributed by atoms with Crippen LogP contribution < -0.4 is 4.90 Å². The van der Waals surface area contributed by atoms with Gasteiger partial charge < -0.3 is 9.64 Å². The summed E-state index contributed by atoms with van der Waals surface area (Å²) in [6.45, 7) is 0. The zero-order valence-corrected chi connectivity index (χ0v) is 13.3. The van der Waals surface area contributed by atoms with Gasteiger partial charge in [-0.25, -0.2) is 0 Å². The van der Waals surface area contributed by atoms with Gasteiger partial charge in [-0.2, -0.15) is 0 Å². The van der Waals surface area contributed by atoms with Gasteiger partial charge in [0.05, 0.1) is 12.2 Å². The first-order chi connectivity index (χ1) is 10.7. The Morgan fingerprint density at radius 2 is 1.41 bits per heavy atom. The molecular weight excluding hydrogens is 270 g/mol. The molecule has 1 aliphatic carbocycles. The van der Waals surface area contributed by atoms with Gasteiger partial charge in [0, 0.05) is 19.8 Å². The minimum Gasteiger partial charge on any atom is -0.378 e. The monoisotopic (exact) mass is 293 g/mol. The third-order valence-corrected chi connectivity index (χ3v) is 5.01. The summed E-state index contributed by atoms with van der Waals surface area (Å²) >= 11 is 0. The molecule has 1 saturated heterocycles. The van der Waals surface area contributed by atoms with Crippen molar-refractivity contribution >= 4 is 5.69 Å². The van der Waals surface area contributed by atoms with Crippen LogP contribution in [0.15, 0.2) is 48.5 Å². The van der Waals surface area contributed by atoms with E-state index in [9.17, 15) is 0 Å². The van der Waals surface area contributed by atoms with Crippen molar-refractivity contribution < 1.29 is 4.74 Å². The highest BCUT2D eigenvalue weighted by atomic mass is 16.6. The Morgan fingerprint density at radius 1 is 0.864 bits per heavy atom. The van der Waals surface area contributed by atoms with Crippen molar-refractivity contribution in [3.8, 4) is 11.1 Å². The molecule has 0 bridgehead atoms. The molecule has 1 heterocycles. The average molecular weight is 293 g/mol. The quantitative estimate of drug-likeness (QED) is 0.787. The highest BCUT2D eigenvalue weighted by molar-refractivity contribution is 5.66. The maximum absolute atomic E-state index is 5.52. The fourth-order valence-electron chi connectivity index (χ4n) is 3.63. The van der Waals surface area contributed by atoms with E-state index >= 15 is 0 Å². The molecular formula is C20H23NO. The minimum atomic E-state index is 0.597. The number of rotatable bonds is 4. The molecule has 0 aromatic heterocycles. The molecule has 0 spiro atoms. The molecule has 2 aromatic rings. The van der Waals surface area contributed by atoms with Gasteiger partial charge in [-0.1, -0.05) is 36.4 Å². The third-order valence-electron chi connectivity index (χ3n) is 5.01. The number of epoxide rings is 1. The highest BCUT2D eigenvalue weighted by Crippen LogP contribution is 2.43. The van der Waals surface area contributed by atoms with E-state index in [1.807, 2.05) is 0 Å². The summed E-state index contributed by atoms with van der Waals surface area (Å²) in [6.07, 6.45) is 4.92. The first kappa shape index (κ1) is 13.8. The fraction of sp³-hybridized carbons (Fsp3) is 0.400. The lowest BCUT2D eigenvalue weighted by Gasteiger charge is -2.13. The van der Waals surface area contributed by atoms with E-state index in [1.54, 1.807) is 0 Å². The first-order valence-electron chi connectivity index (χ1n) is 8.21. The Labute approximate surface area is 132 Å². The van der Waals surface area contributed by atoms with Crippen molar-refractivity contribution in [3.63, 3.8) is 0 Å². The van der Waals surface area contributed by atoms with Gasteiger partial charge in [0.2, 0.25) is 0 Å². The van der Waals surface area contributed by atoms with E-state index in [0.29, 0.717) is 12.2 Å². The van der Waals surface area contributed by atoms with Crippen molar-refractivity contribution in [2.45, 2.75) is 31.5 Å². The van der Waals surface area contributed by atoms with E-state index in [0.717, 1.165) is 5.92 Å². The molecule has 4 rings (SSSR count). The number of nitrogens with zero attached hydrogens (tertiary/aromatic N) is 1. The average Bonchev–Trinajstić information content (AvgIpc) is 3.15. The number of ether oxygens (including phenoxy) is 1. The van der Waals surface area contributed by atoms with Gasteiger partial charge in [-0.15, -0.1) is 0 Å². The SMILES string of the molecule is CN(C)c1ccc(-c2ccc(CC3C[C@@H]4O[C@@H]4C3)cc2)cc1. The van der Waals surface area contributed by atoms with Crippen molar-refractivity contribution in [3.05, 3.63) is 54.1 Å². The van der Waals surface area contributed by atoms with Crippen LogP contribution in [0.1, 0.15) is 18.4 Å². The lowest BCUT2D eigenvalue weighted by atomic mass is 9.95. The molecule has 0 N–H and O–H groups in total. The van der Waals surface area contributed by atoms with Crippen molar-refractivity contribution in [2.24, 2.45) is 5.92 Å². The Bertz CT molecular complexity index is 634. The molecule has 2 aliphatic rings. The number of benzene rings is 2. The molecule has 3 atom stereocenters. The summed E-state index contributed by atoms with van der Waals surface area (Å²) in [4.78, 5) is 2.13. The second-order valence-corrected chi connectivity index (χ2v) is 6.89. The van der Waals surface area contributed by atoms with Crippen LogP contribution >= 0.6 is 0 Å². The van der Waals surface area contributed by atoms with Crippen LogP contribution in [0.5, 0.6) is 0 Å². The Hall–Kier alpha value is -1.80. The second kappa shape index (κ2) is 5.44. The van der Waals surface area contributed by atoms with Crippen LogP contribution in [0.3, 0.4) is 0 Å². The maximum Gasteiger partial charge on any atom is 0.0844 e. The molecule has 2 fully saturated rings. The maximum atomic E-state index is 5.52. The van der Waals surface area contributed by atoms with Gasteiger partial charge in [-0.3, -0.25) is 0 Å². The third kappa shape index (κ3) is 2.76. The fourth-order valence-corrected chi connectivity index (χ4v) is 3.63. The van der Waals surface area contributed by atoms with E-state index in [-0.39, 0.29) is 0 Å². The lowest BCUT2D eigenvalue weighted by molar-refractivity contribution is 0.272. The number of hydrogen-bond donors (Lipinski definition) is 0. The van der Waals surface area contributed by atoms with Crippen LogP contribution in [-0.2, 0) is 11.2 Å². The summed E-state index contributed by atoms with van der Waals surface area (Å²) in [7, 11) is 4.14. The molecule has 2 aromatic carbocycles. The van der Waals surface area contributed by atoms with E-state index in [1.165, 1.54) is 41.6 Å². The number of hydrogen-bond acceptors (Lipinski definition) is 2. The largest absolute Gasteiger partial charge is 0.378 e. The van der Waals surface area contributed by atoms with Crippen molar-refractivity contribution in [1.82, 2.24) is 0 Å². The van der Waals surface area contributed by atoms with Crippen LogP contribution in [0, 0.1) is 5.92 Å². The smallest absolute Gasteiger partial charge is 0.0844 e. The van der Waals surface area contributed by atoms with Gasteiger partial charge in [0.25, 0.3) is 0 Å². The van der Waals surface area contributed by atoms with Gasteiger partial charge in [0.15, 0.2) is 0 Å². The number of fused-ring (bicyclic) bond motifs is 1. The predicted molar refractivity (Wildman–Crippen MR) is 91.3 cm³/mol. The zero-order chi connectivity index (χ0) is 15.1. The highest BCUT2D eigenvalue weighted by Gasteiger charge is 2.47. The molecule has 1 aliphatic heterocycles. The Balaban J connectivity index is 1.44. The summed E-state index contributed by atoms with van der Waals surface area (Å²) in [6, 6.07) is 17.8. The van der Waals surface area contributed by atoms with E-state index in [4.69, 9.17) is 4.74 Å². The molecule has 2 nitrogen and oxygen atoms in total. The molecule has 2 heteroatoms.